The average molecular weight is 982 g/mol. The van der Waals surface area contributed by atoms with E-state index in [1.54, 1.807) is 14.2 Å². The Bertz CT molecular complexity index is 1840. The van der Waals surface area contributed by atoms with Crippen LogP contribution in [-0.2, 0) is 37.9 Å². The lowest BCUT2D eigenvalue weighted by molar-refractivity contribution is -0.384. The van der Waals surface area contributed by atoms with Crippen LogP contribution in [0.4, 0.5) is 15.3 Å². The van der Waals surface area contributed by atoms with E-state index in [2.05, 4.69) is 65.8 Å². The number of epoxide rings is 4. The molecule has 3 saturated carbocycles. The molecule has 2 unspecified atom stereocenters. The van der Waals surface area contributed by atoms with E-state index in [0.29, 0.717) is 24.9 Å². The van der Waals surface area contributed by atoms with Gasteiger partial charge >= 0.3 is 12.2 Å². The lowest BCUT2D eigenvalue weighted by atomic mass is 9.68. The van der Waals surface area contributed by atoms with Crippen molar-refractivity contribution in [3.63, 3.8) is 0 Å². The molecule has 0 N–H and O–H groups in total. The molecule has 17 heteroatoms. The van der Waals surface area contributed by atoms with Crippen LogP contribution in [0.2, 0.25) is 0 Å². The van der Waals surface area contributed by atoms with E-state index in [-0.39, 0.29) is 75.9 Å². The van der Waals surface area contributed by atoms with Crippen LogP contribution in [0.5, 0.6) is 5.75 Å². The Labute approximate surface area is 406 Å². The molecule has 0 radical (unpaired) electrons. The van der Waals surface area contributed by atoms with Gasteiger partial charge in [0.15, 0.2) is 0 Å². The van der Waals surface area contributed by atoms with E-state index in [1.807, 2.05) is 4.90 Å². The molecule has 67 heavy (non-hydrogen) atoms. The SMILES string of the molecule is C1CCCC1.CO[C@H]1C([C@]2(C)O[C@@H]2/C=C/C(C)C)[C@]2(CC[C@H]1OC(=O)N1CCCC1)CO2.CO[C@H]1C([C@]2(C)O[C@@H]2/C=C/C(C)C)[C@]2(CC[C@H]1OC(=O)Oc1ccc([N+](=O)[O-])cc1)CO2.ClCCl. The summed E-state index contributed by atoms with van der Waals surface area (Å²) < 4.78 is 52.6. The number of non-ortho nitro benzene ring substituents is 1. The van der Waals surface area contributed by atoms with Crippen molar-refractivity contribution in [3.8, 4) is 5.75 Å². The summed E-state index contributed by atoms with van der Waals surface area (Å²) in [4.78, 5) is 37.0. The van der Waals surface area contributed by atoms with Crippen molar-refractivity contribution >= 4 is 41.1 Å². The van der Waals surface area contributed by atoms with Crippen molar-refractivity contribution in [2.75, 3.05) is 45.9 Å². The van der Waals surface area contributed by atoms with E-state index in [9.17, 15) is 19.7 Å². The Hall–Kier alpha value is -3.02. The minimum Gasteiger partial charge on any atom is -0.443 e. The smallest absolute Gasteiger partial charge is 0.443 e. The number of nitro groups is 1. The van der Waals surface area contributed by atoms with Crippen molar-refractivity contribution in [3.05, 3.63) is 58.7 Å². The highest BCUT2D eigenvalue weighted by Gasteiger charge is 2.73. The predicted molar refractivity (Wildman–Crippen MR) is 254 cm³/mol. The first kappa shape index (κ1) is 53.3. The van der Waals surface area contributed by atoms with Gasteiger partial charge in [-0.1, -0.05) is 84.1 Å². The van der Waals surface area contributed by atoms with E-state index < -0.39 is 28.9 Å². The van der Waals surface area contributed by atoms with Gasteiger partial charge in [-0.2, -0.15) is 0 Å². The molecule has 2 spiro atoms. The molecule has 12 atom stereocenters. The quantitative estimate of drug-likeness (QED) is 0.0368. The number of amides is 1. The van der Waals surface area contributed by atoms with E-state index >= 15 is 0 Å². The summed E-state index contributed by atoms with van der Waals surface area (Å²) in [6, 6.07) is 5.24. The number of ether oxygens (including phenoxy) is 9. The van der Waals surface area contributed by atoms with Crippen molar-refractivity contribution in [2.45, 2.75) is 171 Å². The van der Waals surface area contributed by atoms with Gasteiger partial charge in [0.25, 0.3) is 5.69 Å². The maximum absolute atomic E-state index is 12.5. The van der Waals surface area contributed by atoms with Crippen LogP contribution >= 0.6 is 23.2 Å². The number of alkyl halides is 2. The third kappa shape index (κ3) is 13.2. The number of nitro benzene ring substituents is 1. The zero-order valence-electron chi connectivity index (χ0n) is 40.7. The van der Waals surface area contributed by atoms with Crippen molar-refractivity contribution < 1.29 is 57.1 Å². The molecule has 3 aliphatic carbocycles. The molecule has 1 amide bonds. The Kier molecular flexibility index (Phi) is 18.5. The number of rotatable bonds is 12. The Morgan fingerprint density at radius 1 is 0.761 bits per heavy atom. The van der Waals surface area contributed by atoms with Crippen LogP contribution < -0.4 is 4.74 Å². The van der Waals surface area contributed by atoms with Crippen LogP contribution in [0, 0.1) is 33.8 Å². The number of nitrogens with zero attached hydrogens (tertiary/aromatic N) is 2. The van der Waals surface area contributed by atoms with Crippen LogP contribution in [-0.4, -0.2) is 127 Å². The summed E-state index contributed by atoms with van der Waals surface area (Å²) >= 11 is 9.53. The zero-order valence-corrected chi connectivity index (χ0v) is 42.2. The highest BCUT2D eigenvalue weighted by molar-refractivity contribution is 6.40. The van der Waals surface area contributed by atoms with Gasteiger partial charge in [0.2, 0.25) is 0 Å². The van der Waals surface area contributed by atoms with Gasteiger partial charge in [0.1, 0.15) is 64.8 Å². The van der Waals surface area contributed by atoms with Gasteiger partial charge in [-0.3, -0.25) is 10.1 Å². The summed E-state index contributed by atoms with van der Waals surface area (Å²) in [6.07, 6.45) is 18.7. The minimum absolute atomic E-state index is 0.0422. The van der Waals surface area contributed by atoms with Gasteiger partial charge in [-0.15, -0.1) is 23.2 Å². The summed E-state index contributed by atoms with van der Waals surface area (Å²) in [6.45, 7) is 15.7. The summed E-state index contributed by atoms with van der Waals surface area (Å²) in [5.74, 6) is 1.03. The summed E-state index contributed by atoms with van der Waals surface area (Å²) in [5, 5.41) is 11.0. The number of methoxy groups -OCH3 is 2. The maximum Gasteiger partial charge on any atom is 0.514 e. The molecule has 5 aliphatic heterocycles. The second kappa shape index (κ2) is 23.3. The highest BCUT2D eigenvalue weighted by Crippen LogP contribution is 2.60. The standard InChI is InChI=1S/C23H29NO8.C21H33NO5.C5H10.CH2Cl2/c1-14(2)5-10-18-22(3,32-18)20-19(28-4)17(11-12-23(20)13-29-23)31-21(25)30-16-8-6-15(7-9-16)24(26)27;1-14(2)7-8-16-20(3,27-16)18-17(24-4)15(9-10-21(18)13-25-21)26-19(23)22-11-5-6-12-22;1-2-4-5-3-1;2-1-3/h5-10,14,17-20H,11-13H2,1-4H3;7-8,14-18H,5-6,9-13H2,1-4H3;1-5H2;1H2/b10-5+;8-7+;;/t17-,18-,19-,20?,22-,23+;15-,16-,17-,18?,20-,21+;;/m11../s1. The molecule has 5 heterocycles. The topological polar surface area (TPSA) is 177 Å². The maximum atomic E-state index is 12.5. The van der Waals surface area contributed by atoms with Gasteiger partial charge in [-0.25, -0.2) is 9.59 Å². The number of hydrogen-bond acceptors (Lipinski definition) is 13. The van der Waals surface area contributed by atoms with Crippen molar-refractivity contribution in [1.82, 2.24) is 4.90 Å². The first-order valence-corrected chi connectivity index (χ1v) is 25.3. The molecule has 15 nitrogen and oxygen atoms in total. The fraction of sp³-hybridized carbons (Fsp3) is 0.760. The lowest BCUT2D eigenvalue weighted by Gasteiger charge is -2.42. The normalized spacial score (nSPS) is 36.7. The molecular weight excluding hydrogens is 907 g/mol. The molecule has 1 aromatic carbocycles. The minimum atomic E-state index is -0.879. The van der Waals surface area contributed by atoms with Gasteiger partial charge < -0.3 is 47.5 Å². The van der Waals surface area contributed by atoms with Crippen LogP contribution in [0.15, 0.2) is 48.6 Å². The monoisotopic (exact) mass is 980 g/mol. The number of halogens is 2. The number of likely N-dealkylation sites (tertiary alicyclic amines) is 1. The second-order valence-corrected chi connectivity index (χ2v) is 20.9. The van der Waals surface area contributed by atoms with Gasteiger partial charge in [0.05, 0.1) is 35.3 Å². The van der Waals surface area contributed by atoms with Crippen molar-refractivity contribution in [1.29, 1.82) is 0 Å². The average Bonchev–Trinajstić information content (AvgIpc) is 4.28. The Balaban J connectivity index is 0.000000192. The summed E-state index contributed by atoms with van der Waals surface area (Å²) in [7, 11) is 3.31. The predicted octanol–water partition coefficient (Wildman–Crippen LogP) is 10.6. The van der Waals surface area contributed by atoms with Crippen LogP contribution in [0.25, 0.3) is 0 Å². The number of carbonyl (C=O) groups excluding carboxylic acids is 2. The van der Waals surface area contributed by atoms with Crippen LogP contribution in [0.1, 0.15) is 112 Å². The summed E-state index contributed by atoms with van der Waals surface area (Å²) in [5.41, 5.74) is -1.40. The third-order valence-electron chi connectivity index (χ3n) is 14.5. The third-order valence-corrected chi connectivity index (χ3v) is 14.5. The molecule has 1 aromatic rings. The fourth-order valence-corrected chi connectivity index (χ4v) is 10.8. The fourth-order valence-electron chi connectivity index (χ4n) is 10.8. The van der Waals surface area contributed by atoms with Gasteiger partial charge in [-0.05, 0) is 76.3 Å². The molecule has 0 aromatic heterocycles. The van der Waals surface area contributed by atoms with E-state index in [0.717, 1.165) is 51.8 Å². The second-order valence-electron chi connectivity index (χ2n) is 20.1. The van der Waals surface area contributed by atoms with E-state index in [4.69, 9.17) is 65.8 Å². The molecule has 0 bridgehead atoms. The molecule has 8 aliphatic rings. The number of allylic oxidation sites excluding steroid dienone is 2. The Morgan fingerprint density at radius 3 is 1.55 bits per heavy atom. The Morgan fingerprint density at radius 2 is 1.18 bits per heavy atom. The number of carbonyl (C=O) groups is 2. The first-order chi connectivity index (χ1) is 32.0. The molecule has 8 fully saturated rings. The van der Waals surface area contributed by atoms with Crippen LogP contribution in [0.3, 0.4) is 0 Å². The molecule has 376 valence electrons. The highest BCUT2D eigenvalue weighted by atomic mass is 35.5. The molecular formula is C50H74Cl2N2O13. The largest absolute Gasteiger partial charge is 0.514 e. The van der Waals surface area contributed by atoms with Crippen molar-refractivity contribution in [2.24, 2.45) is 23.7 Å². The zero-order chi connectivity index (χ0) is 48.6. The number of hydrogen-bond donors (Lipinski definition) is 0. The molecule has 9 rings (SSSR count). The first-order valence-electron chi connectivity index (χ1n) is 24.3. The number of benzene rings is 1. The lowest BCUT2D eigenvalue weighted by Crippen LogP contribution is -2.56. The van der Waals surface area contributed by atoms with E-state index in [1.165, 1.54) is 56.4 Å². The van der Waals surface area contributed by atoms with Gasteiger partial charge in [0, 0.05) is 39.4 Å². The molecule has 5 saturated heterocycles.